The van der Waals surface area contributed by atoms with Crippen molar-refractivity contribution in [3.05, 3.63) is 182 Å². The number of para-hydroxylation sites is 3. The SMILES string of the molecule is c1ccc(N(c2ccccc2)c2cc3ccccc3c3c2c(-c2ccccc2-c2ccnc4c2ccc2cccnc24)nc2ccccc23)cc1. The third-order valence-electron chi connectivity index (χ3n) is 9.90. The van der Waals surface area contributed by atoms with Crippen LogP contribution in [0.1, 0.15) is 0 Å². The van der Waals surface area contributed by atoms with Crippen LogP contribution in [-0.2, 0) is 0 Å². The van der Waals surface area contributed by atoms with Crippen molar-refractivity contribution >= 4 is 71.3 Å². The van der Waals surface area contributed by atoms with Crippen molar-refractivity contribution in [1.82, 2.24) is 15.0 Å². The second kappa shape index (κ2) is 11.9. The number of pyridine rings is 3. The van der Waals surface area contributed by atoms with Gasteiger partial charge in [-0.2, -0.15) is 0 Å². The van der Waals surface area contributed by atoms with Gasteiger partial charge in [-0.25, -0.2) is 4.98 Å². The molecular formula is C47H30N4. The predicted molar refractivity (Wildman–Crippen MR) is 213 cm³/mol. The molecule has 51 heavy (non-hydrogen) atoms. The van der Waals surface area contributed by atoms with Gasteiger partial charge in [0.05, 0.1) is 27.9 Å². The topological polar surface area (TPSA) is 41.9 Å². The highest BCUT2D eigenvalue weighted by Crippen LogP contribution is 2.48. The molecule has 4 nitrogen and oxygen atoms in total. The van der Waals surface area contributed by atoms with Crippen molar-refractivity contribution in [2.24, 2.45) is 0 Å². The summed E-state index contributed by atoms with van der Waals surface area (Å²) in [7, 11) is 0. The highest BCUT2D eigenvalue weighted by atomic mass is 15.1. The number of aromatic nitrogens is 3. The Hall–Kier alpha value is -6.91. The number of hydrogen-bond donors (Lipinski definition) is 0. The minimum Gasteiger partial charge on any atom is -0.310 e. The summed E-state index contributed by atoms with van der Waals surface area (Å²) < 4.78 is 0. The summed E-state index contributed by atoms with van der Waals surface area (Å²) in [6, 6.07) is 60.0. The van der Waals surface area contributed by atoms with Gasteiger partial charge < -0.3 is 4.90 Å². The number of rotatable bonds is 5. The molecule has 238 valence electrons. The summed E-state index contributed by atoms with van der Waals surface area (Å²) in [5, 5.41) is 7.90. The molecule has 0 atom stereocenters. The number of benzene rings is 7. The van der Waals surface area contributed by atoms with Crippen molar-refractivity contribution in [2.75, 3.05) is 4.90 Å². The zero-order valence-electron chi connectivity index (χ0n) is 27.6. The summed E-state index contributed by atoms with van der Waals surface area (Å²) in [6.07, 6.45) is 3.74. The van der Waals surface area contributed by atoms with Gasteiger partial charge in [0.15, 0.2) is 0 Å². The first-order chi connectivity index (χ1) is 25.3. The maximum absolute atomic E-state index is 5.57. The molecule has 0 fully saturated rings. The molecular weight excluding hydrogens is 621 g/mol. The Labute approximate surface area is 294 Å². The van der Waals surface area contributed by atoms with Crippen LogP contribution in [-0.4, -0.2) is 15.0 Å². The molecule has 3 aromatic heterocycles. The van der Waals surface area contributed by atoms with Crippen LogP contribution in [0, 0.1) is 0 Å². The van der Waals surface area contributed by atoms with E-state index in [1.165, 1.54) is 16.2 Å². The standard InChI is InChI=1S/C47H30N4/c1-3-16-33(17-4-1)51(34-18-5-2-6-19-34)42-30-32-14-7-8-20-35(32)43-40-23-11-12-24-41(40)50-46(44(42)43)38-22-10-9-21-36(38)37-27-29-49-47-39(37)26-25-31-15-13-28-48-45(31)47/h1-30H. The first kappa shape index (κ1) is 29.0. The van der Waals surface area contributed by atoms with Gasteiger partial charge in [0.2, 0.25) is 0 Å². The Morgan fingerprint density at radius 1 is 0.392 bits per heavy atom. The molecule has 10 aromatic rings. The van der Waals surface area contributed by atoms with Crippen LogP contribution in [0.3, 0.4) is 0 Å². The van der Waals surface area contributed by atoms with E-state index in [9.17, 15) is 0 Å². The lowest BCUT2D eigenvalue weighted by Crippen LogP contribution is -2.11. The molecule has 0 aliphatic rings. The minimum atomic E-state index is 0.891. The zero-order chi connectivity index (χ0) is 33.7. The van der Waals surface area contributed by atoms with Crippen LogP contribution in [0.2, 0.25) is 0 Å². The highest BCUT2D eigenvalue weighted by molar-refractivity contribution is 6.27. The molecule has 0 N–H and O–H groups in total. The Morgan fingerprint density at radius 2 is 1.04 bits per heavy atom. The van der Waals surface area contributed by atoms with Gasteiger partial charge in [0, 0.05) is 56.3 Å². The summed E-state index contributed by atoms with van der Waals surface area (Å²) in [6.45, 7) is 0. The van der Waals surface area contributed by atoms with E-state index in [0.29, 0.717) is 0 Å². The normalized spacial score (nSPS) is 11.5. The van der Waals surface area contributed by atoms with Gasteiger partial charge in [-0.05, 0) is 70.4 Å². The number of fused-ring (bicyclic) bond motifs is 8. The number of hydrogen-bond acceptors (Lipinski definition) is 4. The lowest BCUT2D eigenvalue weighted by atomic mass is 9.89. The first-order valence-electron chi connectivity index (χ1n) is 17.2. The summed E-state index contributed by atoms with van der Waals surface area (Å²) >= 11 is 0. The number of nitrogens with zero attached hydrogens (tertiary/aromatic N) is 4. The molecule has 0 aliphatic heterocycles. The second-order valence-corrected chi connectivity index (χ2v) is 12.8. The van der Waals surface area contributed by atoms with Crippen LogP contribution >= 0.6 is 0 Å². The summed E-state index contributed by atoms with van der Waals surface area (Å²) in [4.78, 5) is 17.5. The smallest absolute Gasteiger partial charge is 0.0970 e. The Balaban J connectivity index is 1.37. The predicted octanol–water partition coefficient (Wildman–Crippen LogP) is 12.4. The van der Waals surface area contributed by atoms with Gasteiger partial charge in [0.25, 0.3) is 0 Å². The molecule has 0 unspecified atom stereocenters. The lowest BCUT2D eigenvalue weighted by Gasteiger charge is -2.29. The molecule has 0 saturated heterocycles. The average Bonchev–Trinajstić information content (AvgIpc) is 3.21. The van der Waals surface area contributed by atoms with E-state index in [-0.39, 0.29) is 0 Å². The summed E-state index contributed by atoms with van der Waals surface area (Å²) in [5.74, 6) is 0. The molecule has 4 heteroatoms. The molecule has 0 radical (unpaired) electrons. The number of anilines is 3. The molecule has 0 bridgehead atoms. The van der Waals surface area contributed by atoms with Gasteiger partial charge >= 0.3 is 0 Å². The Kier molecular flexibility index (Phi) is 6.78. The average molecular weight is 651 g/mol. The van der Waals surface area contributed by atoms with Crippen LogP contribution in [0.4, 0.5) is 17.1 Å². The fraction of sp³-hybridized carbons (Fsp3) is 0. The summed E-state index contributed by atoms with van der Waals surface area (Å²) in [5.41, 5.74) is 10.1. The zero-order valence-corrected chi connectivity index (χ0v) is 27.6. The van der Waals surface area contributed by atoms with E-state index in [0.717, 1.165) is 77.5 Å². The van der Waals surface area contributed by atoms with Gasteiger partial charge in [-0.1, -0.05) is 121 Å². The molecule has 3 heterocycles. The van der Waals surface area contributed by atoms with E-state index < -0.39 is 0 Å². The quantitative estimate of drug-likeness (QED) is 0.174. The van der Waals surface area contributed by atoms with Crippen molar-refractivity contribution in [1.29, 1.82) is 0 Å². The highest BCUT2D eigenvalue weighted by Gasteiger charge is 2.24. The van der Waals surface area contributed by atoms with Gasteiger partial charge in [0.1, 0.15) is 0 Å². The van der Waals surface area contributed by atoms with E-state index in [2.05, 4.69) is 169 Å². The van der Waals surface area contributed by atoms with E-state index in [1.54, 1.807) is 0 Å². The fourth-order valence-electron chi connectivity index (χ4n) is 7.68. The van der Waals surface area contributed by atoms with Crippen molar-refractivity contribution in [2.45, 2.75) is 0 Å². The van der Waals surface area contributed by atoms with E-state index in [1.807, 2.05) is 18.5 Å². The monoisotopic (exact) mass is 650 g/mol. The maximum atomic E-state index is 5.57. The van der Waals surface area contributed by atoms with Crippen molar-refractivity contribution < 1.29 is 0 Å². The molecule has 0 amide bonds. The van der Waals surface area contributed by atoms with Crippen molar-refractivity contribution in [3.8, 4) is 22.4 Å². The maximum Gasteiger partial charge on any atom is 0.0970 e. The first-order valence-corrected chi connectivity index (χ1v) is 17.2. The Bertz CT molecular complexity index is 2870. The largest absolute Gasteiger partial charge is 0.310 e. The molecule has 0 aliphatic carbocycles. The Morgan fingerprint density at radius 3 is 1.84 bits per heavy atom. The molecule has 10 rings (SSSR count). The van der Waals surface area contributed by atoms with Crippen molar-refractivity contribution in [3.63, 3.8) is 0 Å². The third-order valence-corrected chi connectivity index (χ3v) is 9.90. The van der Waals surface area contributed by atoms with E-state index >= 15 is 0 Å². The second-order valence-electron chi connectivity index (χ2n) is 12.8. The molecule has 0 saturated carbocycles. The fourth-order valence-corrected chi connectivity index (χ4v) is 7.68. The van der Waals surface area contributed by atoms with Crippen LogP contribution < -0.4 is 4.90 Å². The molecule has 7 aromatic carbocycles. The van der Waals surface area contributed by atoms with Gasteiger partial charge in [-0.3, -0.25) is 9.97 Å². The van der Waals surface area contributed by atoms with Crippen LogP contribution in [0.15, 0.2) is 182 Å². The van der Waals surface area contributed by atoms with Crippen LogP contribution in [0.5, 0.6) is 0 Å². The third kappa shape index (κ3) is 4.72. The van der Waals surface area contributed by atoms with E-state index in [4.69, 9.17) is 15.0 Å². The minimum absolute atomic E-state index is 0.891. The molecule has 0 spiro atoms. The van der Waals surface area contributed by atoms with Gasteiger partial charge in [-0.15, -0.1) is 0 Å². The lowest BCUT2D eigenvalue weighted by molar-refractivity contribution is 1.30. The van der Waals surface area contributed by atoms with Crippen LogP contribution in [0.25, 0.3) is 76.6 Å².